The summed E-state index contributed by atoms with van der Waals surface area (Å²) in [6.45, 7) is 2.16. The Balaban J connectivity index is 1.41. The topological polar surface area (TPSA) is 88.8 Å². The molecule has 1 aromatic heterocycles. The highest BCUT2D eigenvalue weighted by molar-refractivity contribution is 5.94. The minimum absolute atomic E-state index is 0.0502. The number of benzene rings is 2. The standard InChI is InChI=1S/C24H24N4O3/c25-23(29)22(18-8-10-21(11-9-18)31-20-6-2-1-3-7-20)27-13-15-28(16-14-27)24(30)19-5-4-12-26-17-19/h1-12,17,22H,13-16H2,(H2,25,29). The third kappa shape index (κ3) is 4.90. The van der Waals surface area contributed by atoms with E-state index < -0.39 is 11.9 Å². The second-order valence-electron chi connectivity index (χ2n) is 7.36. The molecule has 1 atom stereocenters. The van der Waals surface area contributed by atoms with Gasteiger partial charge in [0.1, 0.15) is 17.5 Å². The van der Waals surface area contributed by atoms with E-state index in [1.54, 1.807) is 29.4 Å². The molecule has 2 amide bonds. The predicted octanol–water partition coefficient (Wildman–Crippen LogP) is 2.86. The van der Waals surface area contributed by atoms with Crippen LogP contribution in [-0.4, -0.2) is 52.8 Å². The van der Waals surface area contributed by atoms with E-state index in [-0.39, 0.29) is 5.91 Å². The van der Waals surface area contributed by atoms with Gasteiger partial charge in [-0.3, -0.25) is 19.5 Å². The Morgan fingerprint density at radius 3 is 2.16 bits per heavy atom. The Bertz CT molecular complexity index is 1020. The van der Waals surface area contributed by atoms with E-state index in [4.69, 9.17) is 10.5 Å². The van der Waals surface area contributed by atoms with Crippen LogP contribution in [0.25, 0.3) is 0 Å². The van der Waals surface area contributed by atoms with E-state index in [0.29, 0.717) is 37.5 Å². The van der Waals surface area contributed by atoms with Crippen molar-refractivity contribution in [3.05, 3.63) is 90.3 Å². The first-order chi connectivity index (χ1) is 15.1. The van der Waals surface area contributed by atoms with Crippen molar-refractivity contribution in [1.82, 2.24) is 14.8 Å². The molecule has 2 aromatic carbocycles. The molecule has 3 aromatic rings. The Morgan fingerprint density at radius 2 is 1.55 bits per heavy atom. The molecule has 7 nitrogen and oxygen atoms in total. The van der Waals surface area contributed by atoms with Crippen LogP contribution in [0.3, 0.4) is 0 Å². The minimum atomic E-state index is -0.554. The number of aromatic nitrogens is 1. The van der Waals surface area contributed by atoms with E-state index in [9.17, 15) is 9.59 Å². The van der Waals surface area contributed by atoms with Crippen molar-refractivity contribution >= 4 is 11.8 Å². The fraction of sp³-hybridized carbons (Fsp3) is 0.208. The van der Waals surface area contributed by atoms with Crippen LogP contribution >= 0.6 is 0 Å². The molecule has 7 heteroatoms. The van der Waals surface area contributed by atoms with Gasteiger partial charge in [-0.15, -0.1) is 0 Å². The molecule has 2 N–H and O–H groups in total. The van der Waals surface area contributed by atoms with E-state index in [1.807, 2.05) is 59.5 Å². The number of nitrogens with zero attached hydrogens (tertiary/aromatic N) is 3. The maximum absolute atomic E-state index is 12.6. The molecule has 1 aliphatic rings. The van der Waals surface area contributed by atoms with Crippen LogP contribution in [0.2, 0.25) is 0 Å². The van der Waals surface area contributed by atoms with Crippen LogP contribution in [0.1, 0.15) is 22.0 Å². The fourth-order valence-electron chi connectivity index (χ4n) is 3.75. The van der Waals surface area contributed by atoms with Crippen LogP contribution in [0.5, 0.6) is 11.5 Å². The third-order valence-corrected chi connectivity index (χ3v) is 5.32. The molecule has 0 spiro atoms. The molecule has 0 radical (unpaired) electrons. The third-order valence-electron chi connectivity index (χ3n) is 5.32. The fourth-order valence-corrected chi connectivity index (χ4v) is 3.75. The number of amides is 2. The van der Waals surface area contributed by atoms with Gasteiger partial charge >= 0.3 is 0 Å². The van der Waals surface area contributed by atoms with Gasteiger partial charge in [-0.05, 0) is 42.0 Å². The molecular formula is C24H24N4O3. The van der Waals surface area contributed by atoms with Crippen molar-refractivity contribution in [1.29, 1.82) is 0 Å². The first-order valence-corrected chi connectivity index (χ1v) is 10.2. The van der Waals surface area contributed by atoms with Gasteiger partial charge in [-0.25, -0.2) is 0 Å². The van der Waals surface area contributed by atoms with Crippen molar-refractivity contribution in [2.75, 3.05) is 26.2 Å². The van der Waals surface area contributed by atoms with E-state index in [2.05, 4.69) is 4.98 Å². The number of hydrogen-bond acceptors (Lipinski definition) is 5. The van der Waals surface area contributed by atoms with Crippen molar-refractivity contribution in [3.8, 4) is 11.5 Å². The van der Waals surface area contributed by atoms with Gasteiger partial charge in [0.15, 0.2) is 0 Å². The number of para-hydroxylation sites is 1. The molecular weight excluding hydrogens is 392 g/mol. The summed E-state index contributed by atoms with van der Waals surface area (Å²) in [5.74, 6) is 0.968. The zero-order valence-corrected chi connectivity index (χ0v) is 17.1. The van der Waals surface area contributed by atoms with Gasteiger partial charge in [0.05, 0.1) is 5.56 Å². The average Bonchev–Trinajstić information content (AvgIpc) is 2.81. The highest BCUT2D eigenvalue weighted by Crippen LogP contribution is 2.27. The normalized spacial score (nSPS) is 15.3. The number of carbonyl (C=O) groups is 2. The van der Waals surface area contributed by atoms with Gasteiger partial charge < -0.3 is 15.4 Å². The molecule has 0 bridgehead atoms. The highest BCUT2D eigenvalue weighted by atomic mass is 16.5. The number of rotatable bonds is 6. The maximum atomic E-state index is 12.6. The lowest BCUT2D eigenvalue weighted by molar-refractivity contribution is -0.124. The number of carbonyl (C=O) groups excluding carboxylic acids is 2. The largest absolute Gasteiger partial charge is 0.457 e. The van der Waals surface area contributed by atoms with Gasteiger partial charge in [0.2, 0.25) is 5.91 Å². The quantitative estimate of drug-likeness (QED) is 0.668. The number of nitrogens with two attached hydrogens (primary N) is 1. The molecule has 0 aliphatic carbocycles. The lowest BCUT2D eigenvalue weighted by atomic mass is 10.0. The molecule has 1 unspecified atom stereocenters. The van der Waals surface area contributed by atoms with Gasteiger partial charge in [0, 0.05) is 38.6 Å². The SMILES string of the molecule is NC(=O)C(c1ccc(Oc2ccccc2)cc1)N1CCN(C(=O)c2cccnc2)CC1. The number of hydrogen-bond donors (Lipinski definition) is 1. The number of primary amides is 1. The summed E-state index contributed by atoms with van der Waals surface area (Å²) in [6.07, 6.45) is 3.21. The second-order valence-corrected chi connectivity index (χ2v) is 7.36. The lowest BCUT2D eigenvalue weighted by Gasteiger charge is -2.38. The molecule has 0 saturated carbocycles. The highest BCUT2D eigenvalue weighted by Gasteiger charge is 2.30. The van der Waals surface area contributed by atoms with Gasteiger partial charge in [-0.2, -0.15) is 0 Å². The van der Waals surface area contributed by atoms with E-state index >= 15 is 0 Å². The summed E-state index contributed by atoms with van der Waals surface area (Å²) in [5.41, 5.74) is 7.12. The van der Waals surface area contributed by atoms with Crippen molar-refractivity contribution in [2.24, 2.45) is 5.73 Å². The van der Waals surface area contributed by atoms with Crippen molar-refractivity contribution in [2.45, 2.75) is 6.04 Å². The van der Waals surface area contributed by atoms with Crippen LogP contribution in [0, 0.1) is 0 Å². The number of ether oxygens (including phenoxy) is 1. The molecule has 1 saturated heterocycles. The monoisotopic (exact) mass is 416 g/mol. The van der Waals surface area contributed by atoms with E-state index in [1.165, 1.54) is 0 Å². The minimum Gasteiger partial charge on any atom is -0.457 e. The van der Waals surface area contributed by atoms with Gasteiger partial charge in [-0.1, -0.05) is 30.3 Å². The number of piperazine rings is 1. The summed E-state index contributed by atoms with van der Waals surface area (Å²) >= 11 is 0. The second kappa shape index (κ2) is 9.40. The Kier molecular flexibility index (Phi) is 6.24. The van der Waals surface area contributed by atoms with Crippen LogP contribution in [0.15, 0.2) is 79.1 Å². The van der Waals surface area contributed by atoms with Crippen molar-refractivity contribution < 1.29 is 14.3 Å². The zero-order chi connectivity index (χ0) is 21.6. The van der Waals surface area contributed by atoms with Crippen LogP contribution < -0.4 is 10.5 Å². The Labute approximate surface area is 181 Å². The summed E-state index contributed by atoms with van der Waals surface area (Å²) in [7, 11) is 0. The van der Waals surface area contributed by atoms with Crippen molar-refractivity contribution in [3.63, 3.8) is 0 Å². The van der Waals surface area contributed by atoms with Crippen LogP contribution in [0.4, 0.5) is 0 Å². The summed E-state index contributed by atoms with van der Waals surface area (Å²) < 4.78 is 5.82. The first kappa shape index (κ1) is 20.6. The van der Waals surface area contributed by atoms with E-state index in [0.717, 1.165) is 11.3 Å². The zero-order valence-electron chi connectivity index (χ0n) is 17.1. The first-order valence-electron chi connectivity index (χ1n) is 10.2. The summed E-state index contributed by atoms with van der Waals surface area (Å²) in [5, 5.41) is 0. The predicted molar refractivity (Wildman–Crippen MR) is 117 cm³/mol. The maximum Gasteiger partial charge on any atom is 0.255 e. The summed E-state index contributed by atoms with van der Waals surface area (Å²) in [4.78, 5) is 32.7. The van der Waals surface area contributed by atoms with Crippen LogP contribution in [-0.2, 0) is 4.79 Å². The number of pyridine rings is 1. The molecule has 1 aliphatic heterocycles. The summed E-state index contributed by atoms with van der Waals surface area (Å²) in [6, 6.07) is 19.8. The average molecular weight is 416 g/mol. The molecule has 158 valence electrons. The smallest absolute Gasteiger partial charge is 0.255 e. The Hall–Kier alpha value is -3.71. The lowest BCUT2D eigenvalue weighted by Crippen LogP contribution is -2.51. The molecule has 2 heterocycles. The Morgan fingerprint density at radius 1 is 0.871 bits per heavy atom. The molecule has 1 fully saturated rings. The molecule has 4 rings (SSSR count). The van der Waals surface area contributed by atoms with Gasteiger partial charge in [0.25, 0.3) is 5.91 Å². The molecule has 31 heavy (non-hydrogen) atoms.